The highest BCUT2D eigenvalue weighted by atomic mass is 127. The Balaban J connectivity index is 1.47. The Kier molecular flexibility index (Phi) is 8.22. The van der Waals surface area contributed by atoms with Crippen molar-refractivity contribution in [3.05, 3.63) is 103 Å². The molecule has 1 heterocycles. The molecule has 0 radical (unpaired) electrons. The molecule has 1 aliphatic rings. The zero-order valence-electron chi connectivity index (χ0n) is 21.7. The van der Waals surface area contributed by atoms with Gasteiger partial charge in [-0.25, -0.2) is 9.69 Å². The van der Waals surface area contributed by atoms with Crippen LogP contribution in [0.4, 0.5) is 10.5 Å². The van der Waals surface area contributed by atoms with E-state index in [1.165, 1.54) is 6.08 Å². The minimum Gasteiger partial charge on any atom is -0.490 e. The molecule has 0 unspecified atom stereocenters. The molecular formula is C31H24BrIN2O5. The molecule has 0 bridgehead atoms. The van der Waals surface area contributed by atoms with Gasteiger partial charge in [-0.05, 0) is 100 Å². The van der Waals surface area contributed by atoms with Crippen LogP contribution in [0.25, 0.3) is 16.8 Å². The van der Waals surface area contributed by atoms with Crippen molar-refractivity contribution in [2.45, 2.75) is 20.5 Å². The smallest absolute Gasteiger partial charge is 0.335 e. The number of barbiturate groups is 1. The lowest BCUT2D eigenvalue weighted by Crippen LogP contribution is -2.54. The third-order valence-corrected chi connectivity index (χ3v) is 8.09. The van der Waals surface area contributed by atoms with Gasteiger partial charge in [-0.15, -0.1) is 0 Å². The van der Waals surface area contributed by atoms with Gasteiger partial charge in [0.15, 0.2) is 11.5 Å². The second-order valence-electron chi connectivity index (χ2n) is 9.08. The lowest BCUT2D eigenvalue weighted by molar-refractivity contribution is -0.122. The molecule has 40 heavy (non-hydrogen) atoms. The van der Waals surface area contributed by atoms with Crippen molar-refractivity contribution in [3.63, 3.8) is 0 Å². The average molecular weight is 711 g/mol. The summed E-state index contributed by atoms with van der Waals surface area (Å²) < 4.78 is 13.7. The van der Waals surface area contributed by atoms with E-state index >= 15 is 0 Å². The molecule has 1 N–H and O–H groups in total. The van der Waals surface area contributed by atoms with Gasteiger partial charge in [-0.3, -0.25) is 14.9 Å². The largest absolute Gasteiger partial charge is 0.490 e. The number of rotatable bonds is 7. The molecule has 1 fully saturated rings. The summed E-state index contributed by atoms with van der Waals surface area (Å²) >= 11 is 5.58. The van der Waals surface area contributed by atoms with E-state index in [2.05, 4.69) is 62.0 Å². The third kappa shape index (κ3) is 5.62. The number of carbonyl (C=O) groups excluding carboxylic acids is 3. The van der Waals surface area contributed by atoms with Crippen molar-refractivity contribution in [1.29, 1.82) is 0 Å². The molecule has 1 saturated heterocycles. The SMILES string of the molecule is CCOc1cc(/C=C2\C(=O)NC(=O)N(c3ccc(Br)c(C)c3)C2=O)cc(I)c1OCc1cccc2ccccc12. The monoisotopic (exact) mass is 710 g/mol. The Morgan fingerprint density at radius 2 is 1.75 bits per heavy atom. The maximum atomic E-state index is 13.4. The first-order valence-electron chi connectivity index (χ1n) is 12.5. The number of halogens is 2. The molecule has 5 rings (SSSR count). The number of amides is 4. The Morgan fingerprint density at radius 1 is 0.975 bits per heavy atom. The second kappa shape index (κ2) is 11.8. The summed E-state index contributed by atoms with van der Waals surface area (Å²) in [5.74, 6) is -0.412. The average Bonchev–Trinajstić information content (AvgIpc) is 2.92. The lowest BCUT2D eigenvalue weighted by atomic mass is 10.1. The van der Waals surface area contributed by atoms with Crippen LogP contribution < -0.4 is 19.7 Å². The van der Waals surface area contributed by atoms with E-state index in [4.69, 9.17) is 9.47 Å². The molecule has 0 atom stereocenters. The minimum absolute atomic E-state index is 0.164. The fourth-order valence-electron chi connectivity index (χ4n) is 4.47. The van der Waals surface area contributed by atoms with Crippen LogP contribution in [0.3, 0.4) is 0 Å². The van der Waals surface area contributed by atoms with E-state index in [-0.39, 0.29) is 5.57 Å². The van der Waals surface area contributed by atoms with Gasteiger partial charge in [-0.1, -0.05) is 58.4 Å². The van der Waals surface area contributed by atoms with Gasteiger partial charge < -0.3 is 9.47 Å². The topological polar surface area (TPSA) is 84.9 Å². The third-order valence-electron chi connectivity index (χ3n) is 6.40. The van der Waals surface area contributed by atoms with E-state index in [0.717, 1.165) is 34.8 Å². The zero-order chi connectivity index (χ0) is 28.4. The van der Waals surface area contributed by atoms with Crippen LogP contribution in [0, 0.1) is 10.5 Å². The van der Waals surface area contributed by atoms with Crippen LogP contribution in [-0.2, 0) is 16.2 Å². The molecule has 4 aromatic carbocycles. The summed E-state index contributed by atoms with van der Waals surface area (Å²) in [6.45, 7) is 4.45. The van der Waals surface area contributed by atoms with Gasteiger partial charge in [0.25, 0.3) is 11.8 Å². The van der Waals surface area contributed by atoms with E-state index in [1.54, 1.807) is 30.3 Å². The Bertz CT molecular complexity index is 1700. The highest BCUT2D eigenvalue weighted by Gasteiger charge is 2.37. The van der Waals surface area contributed by atoms with Crippen molar-refractivity contribution in [2.75, 3.05) is 11.5 Å². The van der Waals surface area contributed by atoms with Crippen LogP contribution >= 0.6 is 38.5 Å². The number of carbonyl (C=O) groups is 3. The van der Waals surface area contributed by atoms with Gasteiger partial charge >= 0.3 is 6.03 Å². The second-order valence-corrected chi connectivity index (χ2v) is 11.1. The Morgan fingerprint density at radius 3 is 2.52 bits per heavy atom. The van der Waals surface area contributed by atoms with Crippen molar-refractivity contribution >= 4 is 78.9 Å². The van der Waals surface area contributed by atoms with E-state index in [9.17, 15) is 14.4 Å². The van der Waals surface area contributed by atoms with Crippen LogP contribution in [0.5, 0.6) is 11.5 Å². The standard InChI is InChI=1S/C31H24BrIN2O5/c1-3-39-27-16-19(15-26(33)28(27)40-17-21-9-6-8-20-7-4-5-10-23(20)21)14-24-29(36)34-31(38)35(30(24)37)22-11-12-25(32)18(2)13-22/h4-16H,3,17H2,1-2H3,(H,34,36,38)/b24-14+. The predicted octanol–water partition coefficient (Wildman–Crippen LogP) is 7.16. The number of hydrogen-bond donors (Lipinski definition) is 1. The first kappa shape index (κ1) is 27.9. The molecule has 4 aromatic rings. The summed E-state index contributed by atoms with van der Waals surface area (Å²) in [7, 11) is 0. The minimum atomic E-state index is -0.796. The highest BCUT2D eigenvalue weighted by Crippen LogP contribution is 2.36. The molecule has 4 amide bonds. The quantitative estimate of drug-likeness (QED) is 0.125. The molecule has 0 spiro atoms. The normalized spacial score (nSPS) is 14.6. The van der Waals surface area contributed by atoms with Gasteiger partial charge in [-0.2, -0.15) is 0 Å². The molecule has 0 saturated carbocycles. The van der Waals surface area contributed by atoms with Crippen LogP contribution in [-0.4, -0.2) is 24.5 Å². The Labute approximate surface area is 253 Å². The maximum Gasteiger partial charge on any atom is 0.335 e. The number of anilines is 1. The summed E-state index contributed by atoms with van der Waals surface area (Å²) in [5.41, 5.74) is 2.65. The van der Waals surface area contributed by atoms with Crippen molar-refractivity contribution in [3.8, 4) is 11.5 Å². The van der Waals surface area contributed by atoms with Crippen molar-refractivity contribution < 1.29 is 23.9 Å². The lowest BCUT2D eigenvalue weighted by Gasteiger charge is -2.26. The summed E-state index contributed by atoms with van der Waals surface area (Å²) in [6, 6.07) is 22.0. The molecule has 202 valence electrons. The van der Waals surface area contributed by atoms with Crippen LogP contribution in [0.2, 0.25) is 0 Å². The van der Waals surface area contributed by atoms with Crippen LogP contribution in [0.1, 0.15) is 23.6 Å². The number of fused-ring (bicyclic) bond motifs is 1. The molecule has 1 aliphatic heterocycles. The Hall–Kier alpha value is -3.70. The van der Waals surface area contributed by atoms with Gasteiger partial charge in [0, 0.05) is 4.47 Å². The van der Waals surface area contributed by atoms with Crippen molar-refractivity contribution in [2.24, 2.45) is 0 Å². The fourth-order valence-corrected chi connectivity index (χ4v) is 5.50. The van der Waals surface area contributed by atoms with E-state index < -0.39 is 17.8 Å². The number of aryl methyl sites for hydroxylation is 1. The number of imide groups is 2. The zero-order valence-corrected chi connectivity index (χ0v) is 25.4. The highest BCUT2D eigenvalue weighted by molar-refractivity contribution is 14.1. The number of urea groups is 1. The van der Waals surface area contributed by atoms with E-state index in [0.29, 0.717) is 36.0 Å². The number of hydrogen-bond acceptors (Lipinski definition) is 5. The number of nitrogens with one attached hydrogen (secondary N) is 1. The molecule has 0 aromatic heterocycles. The predicted molar refractivity (Wildman–Crippen MR) is 166 cm³/mol. The molecule has 7 nitrogen and oxygen atoms in total. The molecular weight excluding hydrogens is 687 g/mol. The molecule has 0 aliphatic carbocycles. The first-order chi connectivity index (χ1) is 19.3. The van der Waals surface area contributed by atoms with Crippen LogP contribution in [0.15, 0.2) is 82.8 Å². The maximum absolute atomic E-state index is 13.4. The first-order valence-corrected chi connectivity index (χ1v) is 14.4. The van der Waals surface area contributed by atoms with Crippen molar-refractivity contribution in [1.82, 2.24) is 5.32 Å². The summed E-state index contributed by atoms with van der Waals surface area (Å²) in [6.07, 6.45) is 1.46. The molecule has 9 heteroatoms. The van der Waals surface area contributed by atoms with Gasteiger partial charge in [0.1, 0.15) is 12.2 Å². The van der Waals surface area contributed by atoms with Gasteiger partial charge in [0.05, 0.1) is 15.9 Å². The number of nitrogens with zero attached hydrogens (tertiary/aromatic N) is 1. The fraction of sp³-hybridized carbons (Fsp3) is 0.129. The number of benzene rings is 4. The summed E-state index contributed by atoms with van der Waals surface area (Å²) in [4.78, 5) is 39.7. The number of ether oxygens (including phenoxy) is 2. The van der Waals surface area contributed by atoms with Gasteiger partial charge in [0.2, 0.25) is 0 Å². The van der Waals surface area contributed by atoms with E-state index in [1.807, 2.05) is 38.1 Å². The summed E-state index contributed by atoms with van der Waals surface area (Å²) in [5, 5.41) is 4.51.